The van der Waals surface area contributed by atoms with Crippen molar-refractivity contribution in [3.05, 3.63) is 36.4 Å². The fourth-order valence-corrected chi connectivity index (χ4v) is 1.06. The number of nitrogens with zero attached hydrogens (tertiary/aromatic N) is 3. The van der Waals surface area contributed by atoms with Crippen molar-refractivity contribution >= 4 is 0 Å². The lowest BCUT2D eigenvalue weighted by Crippen LogP contribution is -1.89. The minimum atomic E-state index is -0.317. The Hall–Kier alpha value is -1.71. The molecule has 2 aromatic rings. The molecule has 1 heterocycles. The summed E-state index contributed by atoms with van der Waals surface area (Å²) in [4.78, 5) is 3.83. The van der Waals surface area contributed by atoms with Gasteiger partial charge in [0, 0.05) is 7.05 Å². The van der Waals surface area contributed by atoms with Crippen LogP contribution in [-0.2, 0) is 7.05 Å². The van der Waals surface area contributed by atoms with Gasteiger partial charge < -0.3 is 0 Å². The van der Waals surface area contributed by atoms with E-state index in [1.165, 1.54) is 10.7 Å². The molecule has 0 aliphatic carbocycles. The van der Waals surface area contributed by atoms with Crippen molar-refractivity contribution in [1.82, 2.24) is 14.8 Å². The lowest BCUT2D eigenvalue weighted by atomic mass is 10.2. The van der Waals surface area contributed by atoms with Crippen molar-refractivity contribution in [3.8, 4) is 11.4 Å². The molecule has 1 radical (unpaired) electrons. The Bertz CT molecular complexity index is 422. The Morgan fingerprint density at radius 3 is 2.77 bits per heavy atom. The number of rotatable bonds is 1. The second-order valence-corrected chi connectivity index (χ2v) is 2.64. The van der Waals surface area contributed by atoms with E-state index in [1.54, 1.807) is 25.2 Å². The minimum Gasteiger partial charge on any atom is -0.246 e. The number of aromatic nitrogens is 3. The van der Waals surface area contributed by atoms with Gasteiger partial charge in [-0.25, -0.2) is 14.1 Å². The van der Waals surface area contributed by atoms with Gasteiger partial charge in [-0.15, -0.1) is 0 Å². The van der Waals surface area contributed by atoms with Crippen molar-refractivity contribution in [2.24, 2.45) is 7.05 Å². The van der Waals surface area contributed by atoms with Gasteiger partial charge in [-0.1, -0.05) is 12.1 Å². The maximum atomic E-state index is 13.2. The molecule has 0 N–H and O–H groups in total. The molecule has 0 saturated carbocycles. The van der Waals surface area contributed by atoms with Gasteiger partial charge in [-0.2, -0.15) is 5.10 Å². The topological polar surface area (TPSA) is 30.7 Å². The molecule has 1 aromatic heterocycles. The monoisotopic (exact) mass is 176 g/mol. The van der Waals surface area contributed by atoms with Crippen LogP contribution >= 0.6 is 0 Å². The predicted molar refractivity (Wildman–Crippen MR) is 45.2 cm³/mol. The summed E-state index contributed by atoms with van der Waals surface area (Å²) < 4.78 is 14.6. The molecule has 0 bridgehead atoms. The highest BCUT2D eigenvalue weighted by molar-refractivity contribution is 5.54. The van der Waals surface area contributed by atoms with E-state index in [9.17, 15) is 4.39 Å². The molecule has 0 saturated heterocycles. The standard InChI is InChI=1S/C9H7FN3/c1-13-6-11-9(12-13)7-4-2-3-5-8(7)10/h2-5H,1H3. The minimum absolute atomic E-state index is 0.317. The second-order valence-electron chi connectivity index (χ2n) is 2.64. The molecule has 3 nitrogen and oxygen atoms in total. The SMILES string of the molecule is Cn1[c]nc(-c2ccccc2F)n1. The average molecular weight is 176 g/mol. The van der Waals surface area contributed by atoms with Crippen LogP contribution in [0.5, 0.6) is 0 Å². The summed E-state index contributed by atoms with van der Waals surface area (Å²) >= 11 is 0. The Morgan fingerprint density at radius 1 is 1.38 bits per heavy atom. The zero-order valence-corrected chi connectivity index (χ0v) is 7.03. The summed E-state index contributed by atoms with van der Waals surface area (Å²) in [6.45, 7) is 0. The highest BCUT2D eigenvalue weighted by atomic mass is 19.1. The van der Waals surface area contributed by atoms with Crippen LogP contribution in [0.1, 0.15) is 0 Å². The van der Waals surface area contributed by atoms with Crippen LogP contribution in [-0.4, -0.2) is 14.8 Å². The summed E-state index contributed by atoms with van der Waals surface area (Å²) in [7, 11) is 1.69. The van der Waals surface area contributed by atoms with Gasteiger partial charge in [0.05, 0.1) is 5.56 Å². The number of hydrogen-bond donors (Lipinski definition) is 0. The molecule has 2 rings (SSSR count). The summed E-state index contributed by atoms with van der Waals surface area (Å²) in [5.41, 5.74) is 0.402. The van der Waals surface area contributed by atoms with Crippen LogP contribution in [0.25, 0.3) is 11.4 Å². The molecule has 0 spiro atoms. The van der Waals surface area contributed by atoms with Crippen molar-refractivity contribution in [2.45, 2.75) is 0 Å². The van der Waals surface area contributed by atoms with Crippen molar-refractivity contribution < 1.29 is 4.39 Å². The lowest BCUT2D eigenvalue weighted by Gasteiger charge is -1.95. The average Bonchev–Trinajstić information content (AvgIpc) is 2.53. The van der Waals surface area contributed by atoms with Crippen LogP contribution in [0.2, 0.25) is 0 Å². The van der Waals surface area contributed by atoms with Gasteiger partial charge in [-0.3, -0.25) is 0 Å². The van der Waals surface area contributed by atoms with Gasteiger partial charge in [0.1, 0.15) is 5.82 Å². The number of halogens is 1. The van der Waals surface area contributed by atoms with E-state index < -0.39 is 0 Å². The van der Waals surface area contributed by atoms with Crippen LogP contribution in [0.4, 0.5) is 4.39 Å². The first kappa shape index (κ1) is 7.91. The van der Waals surface area contributed by atoms with Gasteiger partial charge in [0.2, 0.25) is 0 Å². The molecule has 0 aliphatic rings. The zero-order valence-electron chi connectivity index (χ0n) is 7.03. The van der Waals surface area contributed by atoms with E-state index in [0.29, 0.717) is 11.4 Å². The molecule has 4 heteroatoms. The first-order chi connectivity index (χ1) is 6.27. The van der Waals surface area contributed by atoms with Gasteiger partial charge in [-0.05, 0) is 12.1 Å². The predicted octanol–water partition coefficient (Wildman–Crippen LogP) is 1.42. The normalized spacial score (nSPS) is 10.3. The van der Waals surface area contributed by atoms with Crippen LogP contribution < -0.4 is 0 Å². The Morgan fingerprint density at radius 2 is 2.15 bits per heavy atom. The van der Waals surface area contributed by atoms with Crippen molar-refractivity contribution in [1.29, 1.82) is 0 Å². The molecule has 0 atom stereocenters. The first-order valence-corrected chi connectivity index (χ1v) is 3.81. The number of aryl methyl sites for hydroxylation is 1. The Labute approximate surface area is 74.8 Å². The number of benzene rings is 1. The summed E-state index contributed by atoms with van der Waals surface area (Å²) in [5.74, 6) is 0.0442. The molecule has 65 valence electrons. The van der Waals surface area contributed by atoms with Gasteiger partial charge >= 0.3 is 0 Å². The van der Waals surface area contributed by atoms with E-state index in [-0.39, 0.29) is 5.82 Å². The van der Waals surface area contributed by atoms with E-state index >= 15 is 0 Å². The highest BCUT2D eigenvalue weighted by Crippen LogP contribution is 2.17. The summed E-state index contributed by atoms with van der Waals surface area (Å²) in [6.07, 6.45) is 2.58. The van der Waals surface area contributed by atoms with Gasteiger partial charge in [0.15, 0.2) is 12.2 Å². The Balaban J connectivity index is 2.52. The first-order valence-electron chi connectivity index (χ1n) is 3.81. The molecule has 0 fully saturated rings. The maximum absolute atomic E-state index is 13.2. The second kappa shape index (κ2) is 2.97. The summed E-state index contributed by atoms with van der Waals surface area (Å²) in [5, 5.41) is 3.95. The quantitative estimate of drug-likeness (QED) is 0.657. The van der Waals surface area contributed by atoms with Gasteiger partial charge in [0.25, 0.3) is 0 Å². The molecule has 13 heavy (non-hydrogen) atoms. The van der Waals surface area contributed by atoms with Crippen LogP contribution in [0, 0.1) is 12.1 Å². The van der Waals surface area contributed by atoms with Crippen LogP contribution in [0.3, 0.4) is 0 Å². The fourth-order valence-electron chi connectivity index (χ4n) is 1.06. The van der Waals surface area contributed by atoms with E-state index in [0.717, 1.165) is 0 Å². The van der Waals surface area contributed by atoms with Crippen molar-refractivity contribution in [3.63, 3.8) is 0 Å². The molecular formula is C9H7FN3. The fraction of sp³-hybridized carbons (Fsp3) is 0.111. The van der Waals surface area contributed by atoms with Crippen LogP contribution in [0.15, 0.2) is 24.3 Å². The summed E-state index contributed by atoms with van der Waals surface area (Å²) in [6, 6.07) is 6.39. The Kier molecular flexibility index (Phi) is 1.81. The molecule has 0 unspecified atom stereocenters. The molecule has 0 aliphatic heterocycles. The van der Waals surface area contributed by atoms with E-state index in [1.807, 2.05) is 0 Å². The van der Waals surface area contributed by atoms with E-state index in [4.69, 9.17) is 0 Å². The molecular weight excluding hydrogens is 169 g/mol. The third kappa shape index (κ3) is 1.42. The highest BCUT2D eigenvalue weighted by Gasteiger charge is 2.07. The zero-order chi connectivity index (χ0) is 9.26. The largest absolute Gasteiger partial charge is 0.246 e. The number of hydrogen-bond acceptors (Lipinski definition) is 2. The lowest BCUT2D eigenvalue weighted by molar-refractivity contribution is 0.629. The smallest absolute Gasteiger partial charge is 0.196 e. The molecule has 0 amide bonds. The molecule has 1 aromatic carbocycles. The van der Waals surface area contributed by atoms with Crippen molar-refractivity contribution in [2.75, 3.05) is 0 Å². The van der Waals surface area contributed by atoms with E-state index in [2.05, 4.69) is 16.4 Å². The maximum Gasteiger partial charge on any atom is 0.196 e. The third-order valence-electron chi connectivity index (χ3n) is 1.66. The third-order valence-corrected chi connectivity index (χ3v) is 1.66.